The molecule has 1 rings (SSSR count). The average molecular weight is 146 g/mol. The maximum atomic E-state index is 10.9. The third-order valence-electron chi connectivity index (χ3n) is 1.77. The molecule has 9 heavy (non-hydrogen) atoms. The van der Waals surface area contributed by atoms with E-state index in [1.807, 2.05) is 6.92 Å². The zero-order valence-corrected chi connectivity index (χ0v) is 6.75. The molecule has 1 unspecified atom stereocenters. The van der Waals surface area contributed by atoms with E-state index >= 15 is 0 Å². The standard InChI is InChI=1S/C7H14OS/c1-2-9(8)6-5-7-3-4-7/h7H,2-6H2,1H3. The van der Waals surface area contributed by atoms with Gasteiger partial charge in [-0.1, -0.05) is 19.8 Å². The van der Waals surface area contributed by atoms with Gasteiger partial charge in [0.25, 0.3) is 0 Å². The topological polar surface area (TPSA) is 17.1 Å². The second-order valence-corrected chi connectivity index (χ2v) is 4.53. The van der Waals surface area contributed by atoms with E-state index in [0.717, 1.165) is 17.4 Å². The molecule has 54 valence electrons. The Kier molecular flexibility index (Phi) is 2.70. The van der Waals surface area contributed by atoms with Crippen LogP contribution in [0.4, 0.5) is 0 Å². The fraction of sp³-hybridized carbons (Fsp3) is 1.00. The monoisotopic (exact) mass is 146 g/mol. The highest BCUT2D eigenvalue weighted by Gasteiger charge is 2.20. The molecule has 1 aliphatic carbocycles. The lowest BCUT2D eigenvalue weighted by atomic mass is 10.3. The van der Waals surface area contributed by atoms with Gasteiger partial charge in [-0.25, -0.2) is 0 Å². The summed E-state index contributed by atoms with van der Waals surface area (Å²) in [6.07, 6.45) is 3.99. The smallest absolute Gasteiger partial charge is 0.0237 e. The number of hydrogen-bond donors (Lipinski definition) is 0. The maximum absolute atomic E-state index is 10.9. The van der Waals surface area contributed by atoms with E-state index < -0.39 is 10.8 Å². The summed E-state index contributed by atoms with van der Waals surface area (Å²) < 4.78 is 10.9. The summed E-state index contributed by atoms with van der Waals surface area (Å²) in [6, 6.07) is 0. The van der Waals surface area contributed by atoms with Crippen molar-refractivity contribution >= 4 is 10.8 Å². The van der Waals surface area contributed by atoms with Gasteiger partial charge in [-0.2, -0.15) is 0 Å². The minimum absolute atomic E-state index is 0.508. The Balaban J connectivity index is 1.96. The summed E-state index contributed by atoms with van der Waals surface area (Å²) >= 11 is 0. The van der Waals surface area contributed by atoms with Crippen molar-refractivity contribution in [1.82, 2.24) is 0 Å². The normalized spacial score (nSPS) is 21.9. The Hall–Kier alpha value is 0.150. The van der Waals surface area contributed by atoms with Crippen LogP contribution in [0.3, 0.4) is 0 Å². The van der Waals surface area contributed by atoms with Gasteiger partial charge in [0.2, 0.25) is 0 Å². The minimum atomic E-state index is -0.508. The van der Waals surface area contributed by atoms with E-state index in [-0.39, 0.29) is 0 Å². The summed E-state index contributed by atoms with van der Waals surface area (Å²) in [4.78, 5) is 0. The van der Waals surface area contributed by atoms with E-state index in [0.29, 0.717) is 0 Å². The molecule has 0 heterocycles. The lowest BCUT2D eigenvalue weighted by molar-refractivity contribution is 0.677. The van der Waals surface area contributed by atoms with Crippen LogP contribution < -0.4 is 0 Å². The lowest BCUT2D eigenvalue weighted by Crippen LogP contribution is -1.99. The molecular weight excluding hydrogens is 132 g/mol. The third-order valence-corrected chi connectivity index (χ3v) is 3.11. The van der Waals surface area contributed by atoms with Crippen molar-refractivity contribution in [3.05, 3.63) is 0 Å². The van der Waals surface area contributed by atoms with Crippen molar-refractivity contribution in [3.63, 3.8) is 0 Å². The molecule has 0 N–H and O–H groups in total. The molecule has 0 bridgehead atoms. The van der Waals surface area contributed by atoms with Gasteiger partial charge in [-0.15, -0.1) is 0 Å². The van der Waals surface area contributed by atoms with Crippen molar-refractivity contribution in [2.75, 3.05) is 11.5 Å². The van der Waals surface area contributed by atoms with Crippen LogP contribution in [0.5, 0.6) is 0 Å². The molecule has 1 saturated carbocycles. The molecular formula is C7H14OS. The van der Waals surface area contributed by atoms with Crippen LogP contribution in [0.2, 0.25) is 0 Å². The van der Waals surface area contributed by atoms with Crippen molar-refractivity contribution in [1.29, 1.82) is 0 Å². The third kappa shape index (κ3) is 2.99. The second-order valence-electron chi connectivity index (χ2n) is 2.66. The summed E-state index contributed by atoms with van der Waals surface area (Å²) in [5.74, 6) is 2.73. The van der Waals surface area contributed by atoms with Crippen molar-refractivity contribution in [2.24, 2.45) is 5.92 Å². The van der Waals surface area contributed by atoms with Gasteiger partial charge in [0.1, 0.15) is 0 Å². The highest BCUT2D eigenvalue weighted by Crippen LogP contribution is 2.32. The molecule has 1 atom stereocenters. The highest BCUT2D eigenvalue weighted by molar-refractivity contribution is 7.84. The van der Waals surface area contributed by atoms with Gasteiger partial charge in [0.15, 0.2) is 0 Å². The second kappa shape index (κ2) is 3.35. The molecule has 0 aromatic rings. The Labute approximate surface area is 59.3 Å². The van der Waals surface area contributed by atoms with Crippen LogP contribution in [0.25, 0.3) is 0 Å². The van der Waals surface area contributed by atoms with Crippen LogP contribution in [-0.4, -0.2) is 15.7 Å². The van der Waals surface area contributed by atoms with E-state index in [1.165, 1.54) is 19.3 Å². The summed E-state index contributed by atoms with van der Waals surface area (Å²) in [7, 11) is -0.508. The Bertz CT molecular complexity index is 107. The van der Waals surface area contributed by atoms with Crippen molar-refractivity contribution in [2.45, 2.75) is 26.2 Å². The Morgan fingerprint density at radius 2 is 2.22 bits per heavy atom. The van der Waals surface area contributed by atoms with Crippen LogP contribution in [0.1, 0.15) is 26.2 Å². The number of hydrogen-bond acceptors (Lipinski definition) is 1. The van der Waals surface area contributed by atoms with E-state index in [4.69, 9.17) is 0 Å². The average Bonchev–Trinajstić information content (AvgIpc) is 2.65. The zero-order valence-electron chi connectivity index (χ0n) is 5.93. The Morgan fingerprint density at radius 1 is 1.56 bits per heavy atom. The summed E-state index contributed by atoms with van der Waals surface area (Å²) in [5.41, 5.74) is 0. The largest absolute Gasteiger partial charge is 0.260 e. The molecule has 0 aliphatic heterocycles. The first-order chi connectivity index (χ1) is 4.33. The van der Waals surface area contributed by atoms with E-state index in [1.54, 1.807) is 0 Å². The van der Waals surface area contributed by atoms with E-state index in [9.17, 15) is 4.21 Å². The highest BCUT2D eigenvalue weighted by atomic mass is 32.2. The fourth-order valence-electron chi connectivity index (χ4n) is 0.849. The van der Waals surface area contributed by atoms with Gasteiger partial charge in [-0.05, 0) is 12.3 Å². The molecule has 1 fully saturated rings. The summed E-state index contributed by atoms with van der Waals surface area (Å²) in [5, 5.41) is 0. The van der Waals surface area contributed by atoms with Crippen LogP contribution in [0.15, 0.2) is 0 Å². The van der Waals surface area contributed by atoms with Crippen LogP contribution >= 0.6 is 0 Å². The van der Waals surface area contributed by atoms with Gasteiger partial charge in [-0.3, -0.25) is 4.21 Å². The molecule has 0 aromatic carbocycles. The molecule has 2 heteroatoms. The quantitative estimate of drug-likeness (QED) is 0.588. The van der Waals surface area contributed by atoms with E-state index in [2.05, 4.69) is 0 Å². The van der Waals surface area contributed by atoms with Crippen LogP contribution in [-0.2, 0) is 10.8 Å². The zero-order chi connectivity index (χ0) is 6.69. The molecule has 0 aromatic heterocycles. The summed E-state index contributed by atoms with van der Waals surface area (Å²) in [6.45, 7) is 1.99. The minimum Gasteiger partial charge on any atom is -0.260 e. The molecule has 0 amide bonds. The van der Waals surface area contributed by atoms with Gasteiger partial charge in [0.05, 0.1) is 0 Å². The van der Waals surface area contributed by atoms with Gasteiger partial charge < -0.3 is 0 Å². The predicted molar refractivity (Wildman–Crippen MR) is 40.9 cm³/mol. The molecule has 0 saturated heterocycles. The Morgan fingerprint density at radius 3 is 2.67 bits per heavy atom. The van der Waals surface area contributed by atoms with Gasteiger partial charge in [0, 0.05) is 22.3 Å². The first kappa shape index (κ1) is 7.26. The molecule has 0 radical (unpaired) electrons. The predicted octanol–water partition coefficient (Wildman–Crippen LogP) is 1.56. The van der Waals surface area contributed by atoms with Crippen molar-refractivity contribution < 1.29 is 4.21 Å². The van der Waals surface area contributed by atoms with Crippen LogP contribution in [0, 0.1) is 5.92 Å². The molecule has 0 spiro atoms. The molecule has 1 aliphatic rings. The first-order valence-corrected chi connectivity index (χ1v) is 5.16. The fourth-order valence-corrected chi connectivity index (χ4v) is 1.73. The number of rotatable bonds is 4. The van der Waals surface area contributed by atoms with Crippen molar-refractivity contribution in [3.8, 4) is 0 Å². The van der Waals surface area contributed by atoms with Gasteiger partial charge >= 0.3 is 0 Å². The lowest BCUT2D eigenvalue weighted by Gasteiger charge is -1.94. The first-order valence-electron chi connectivity index (χ1n) is 3.68. The molecule has 1 nitrogen and oxygen atoms in total. The maximum Gasteiger partial charge on any atom is 0.0237 e. The SMILES string of the molecule is CCS(=O)CCC1CC1.